The molecule has 3 heterocycles. The Labute approximate surface area is 117 Å². The monoisotopic (exact) mass is 273 g/mol. The SMILES string of the molecule is Cc1ccc2nc(CC(=O)[O-])c(C[NH+]3CCCC3)n2c1. The molecule has 0 amide bonds. The van der Waals surface area contributed by atoms with Crippen LogP contribution in [0.3, 0.4) is 0 Å². The van der Waals surface area contributed by atoms with Crippen molar-refractivity contribution in [3.05, 3.63) is 35.3 Å². The molecule has 5 nitrogen and oxygen atoms in total. The first-order valence-corrected chi connectivity index (χ1v) is 7.13. The van der Waals surface area contributed by atoms with E-state index in [-0.39, 0.29) is 6.42 Å². The third-order valence-corrected chi connectivity index (χ3v) is 3.99. The lowest BCUT2D eigenvalue weighted by Crippen LogP contribution is -3.08. The fourth-order valence-corrected chi connectivity index (χ4v) is 3.00. The van der Waals surface area contributed by atoms with Crippen LogP contribution in [0.2, 0.25) is 0 Å². The predicted molar refractivity (Wildman–Crippen MR) is 72.3 cm³/mol. The fourth-order valence-electron chi connectivity index (χ4n) is 3.00. The molecule has 0 atom stereocenters. The minimum atomic E-state index is -1.07. The molecule has 0 radical (unpaired) electrons. The van der Waals surface area contributed by atoms with E-state index in [0.29, 0.717) is 5.69 Å². The Hall–Kier alpha value is -1.88. The lowest BCUT2D eigenvalue weighted by Gasteiger charge is -2.13. The van der Waals surface area contributed by atoms with E-state index in [9.17, 15) is 9.90 Å². The summed E-state index contributed by atoms with van der Waals surface area (Å²) in [5.74, 6) is -1.07. The summed E-state index contributed by atoms with van der Waals surface area (Å²) in [6, 6.07) is 3.94. The smallest absolute Gasteiger partial charge is 0.137 e. The highest BCUT2D eigenvalue weighted by molar-refractivity contribution is 5.68. The van der Waals surface area contributed by atoms with Gasteiger partial charge in [-0.05, 0) is 18.6 Å². The van der Waals surface area contributed by atoms with Gasteiger partial charge in [-0.1, -0.05) is 6.07 Å². The van der Waals surface area contributed by atoms with Crippen molar-refractivity contribution in [2.75, 3.05) is 13.1 Å². The number of rotatable bonds is 4. The second-order valence-corrected chi connectivity index (χ2v) is 5.62. The van der Waals surface area contributed by atoms with Crippen LogP contribution in [0.5, 0.6) is 0 Å². The maximum Gasteiger partial charge on any atom is 0.137 e. The molecular formula is C15H19N3O2. The predicted octanol–water partition coefficient (Wildman–Crippen LogP) is -0.886. The second-order valence-electron chi connectivity index (χ2n) is 5.62. The van der Waals surface area contributed by atoms with Crippen molar-refractivity contribution in [2.24, 2.45) is 0 Å². The first-order chi connectivity index (χ1) is 9.63. The number of fused-ring (bicyclic) bond motifs is 1. The largest absolute Gasteiger partial charge is 0.550 e. The topological polar surface area (TPSA) is 61.9 Å². The van der Waals surface area contributed by atoms with Gasteiger partial charge in [-0.15, -0.1) is 0 Å². The van der Waals surface area contributed by atoms with Crippen LogP contribution in [0.4, 0.5) is 0 Å². The maximum atomic E-state index is 10.9. The third-order valence-electron chi connectivity index (χ3n) is 3.99. The summed E-state index contributed by atoms with van der Waals surface area (Å²) in [6.07, 6.45) is 4.43. The van der Waals surface area contributed by atoms with Crippen molar-refractivity contribution in [3.63, 3.8) is 0 Å². The zero-order valence-electron chi connectivity index (χ0n) is 11.7. The molecule has 2 aromatic heterocycles. The lowest BCUT2D eigenvalue weighted by molar-refractivity contribution is -0.901. The number of aliphatic carboxylic acids is 1. The number of carbonyl (C=O) groups excluding carboxylic acids is 1. The molecule has 0 bridgehead atoms. The number of nitrogens with zero attached hydrogens (tertiary/aromatic N) is 2. The highest BCUT2D eigenvalue weighted by Gasteiger charge is 2.21. The number of pyridine rings is 1. The van der Waals surface area contributed by atoms with Crippen LogP contribution >= 0.6 is 0 Å². The van der Waals surface area contributed by atoms with E-state index in [1.807, 2.05) is 29.7 Å². The zero-order chi connectivity index (χ0) is 14.1. The number of likely N-dealkylation sites (tertiary alicyclic amines) is 1. The minimum absolute atomic E-state index is 0.108. The summed E-state index contributed by atoms with van der Waals surface area (Å²) in [5.41, 5.74) is 3.63. The summed E-state index contributed by atoms with van der Waals surface area (Å²) in [6.45, 7) is 5.19. The maximum absolute atomic E-state index is 10.9. The van der Waals surface area contributed by atoms with Crippen LogP contribution in [0.15, 0.2) is 18.3 Å². The molecule has 2 aromatic rings. The standard InChI is InChI=1S/C15H19N3O2/c1-11-4-5-14-16-12(8-15(19)20)13(18(14)9-11)10-17-6-2-3-7-17/h4-5,9H,2-3,6-8,10H2,1H3,(H,19,20). The minimum Gasteiger partial charge on any atom is -0.550 e. The van der Waals surface area contributed by atoms with Gasteiger partial charge < -0.3 is 14.8 Å². The van der Waals surface area contributed by atoms with Gasteiger partial charge in [0.15, 0.2) is 0 Å². The van der Waals surface area contributed by atoms with Crippen LogP contribution in [0, 0.1) is 6.92 Å². The molecule has 0 aliphatic carbocycles. The van der Waals surface area contributed by atoms with E-state index in [0.717, 1.165) is 36.5 Å². The average molecular weight is 273 g/mol. The van der Waals surface area contributed by atoms with Gasteiger partial charge in [-0.3, -0.25) is 4.40 Å². The summed E-state index contributed by atoms with van der Waals surface area (Å²) in [7, 11) is 0. The average Bonchev–Trinajstić information content (AvgIpc) is 2.99. The summed E-state index contributed by atoms with van der Waals surface area (Å²) < 4.78 is 2.04. The number of carbonyl (C=O) groups is 1. The van der Waals surface area contributed by atoms with Crippen molar-refractivity contribution in [1.82, 2.24) is 9.38 Å². The molecule has 3 rings (SSSR count). The van der Waals surface area contributed by atoms with Gasteiger partial charge >= 0.3 is 0 Å². The molecular weight excluding hydrogens is 254 g/mol. The van der Waals surface area contributed by atoms with Crippen molar-refractivity contribution in [2.45, 2.75) is 32.7 Å². The molecule has 1 N–H and O–H groups in total. The Morgan fingerprint density at radius 1 is 1.40 bits per heavy atom. The van der Waals surface area contributed by atoms with Crippen molar-refractivity contribution >= 4 is 11.6 Å². The summed E-state index contributed by atoms with van der Waals surface area (Å²) in [5, 5.41) is 10.9. The highest BCUT2D eigenvalue weighted by atomic mass is 16.4. The first kappa shape index (κ1) is 13.1. The Morgan fingerprint density at radius 3 is 2.85 bits per heavy atom. The van der Waals surface area contributed by atoms with Crippen molar-refractivity contribution in [1.29, 1.82) is 0 Å². The number of hydrogen-bond donors (Lipinski definition) is 1. The summed E-state index contributed by atoms with van der Waals surface area (Å²) in [4.78, 5) is 16.9. The van der Waals surface area contributed by atoms with E-state index in [1.54, 1.807) is 0 Å². The number of aromatic nitrogens is 2. The Bertz CT molecular complexity index is 642. The molecule has 0 unspecified atom stereocenters. The Balaban J connectivity index is 2.03. The van der Waals surface area contributed by atoms with Gasteiger partial charge in [0.25, 0.3) is 0 Å². The lowest BCUT2D eigenvalue weighted by atomic mass is 10.2. The van der Waals surface area contributed by atoms with E-state index in [4.69, 9.17) is 0 Å². The molecule has 0 aromatic carbocycles. The molecule has 0 saturated carbocycles. The van der Waals surface area contributed by atoms with Gasteiger partial charge in [0.2, 0.25) is 0 Å². The van der Waals surface area contributed by atoms with Gasteiger partial charge in [0.1, 0.15) is 17.9 Å². The summed E-state index contributed by atoms with van der Waals surface area (Å²) >= 11 is 0. The van der Waals surface area contributed by atoms with E-state index < -0.39 is 5.97 Å². The quantitative estimate of drug-likeness (QED) is 0.786. The van der Waals surface area contributed by atoms with E-state index in [2.05, 4.69) is 4.98 Å². The number of carboxylic acid groups (broad SMARTS) is 1. The molecule has 0 spiro atoms. The number of quaternary nitrogens is 1. The van der Waals surface area contributed by atoms with Crippen LogP contribution < -0.4 is 10.0 Å². The normalized spacial score (nSPS) is 16.1. The van der Waals surface area contributed by atoms with Gasteiger partial charge in [-0.2, -0.15) is 0 Å². The van der Waals surface area contributed by atoms with Crippen LogP contribution in [-0.4, -0.2) is 28.4 Å². The van der Waals surface area contributed by atoms with E-state index in [1.165, 1.54) is 17.7 Å². The second kappa shape index (κ2) is 5.25. The van der Waals surface area contributed by atoms with Crippen molar-refractivity contribution in [3.8, 4) is 0 Å². The Kier molecular flexibility index (Phi) is 3.44. The van der Waals surface area contributed by atoms with E-state index >= 15 is 0 Å². The number of aryl methyl sites for hydroxylation is 1. The van der Waals surface area contributed by atoms with Crippen LogP contribution in [0.1, 0.15) is 29.8 Å². The zero-order valence-corrected chi connectivity index (χ0v) is 11.7. The third kappa shape index (κ3) is 2.54. The fraction of sp³-hybridized carbons (Fsp3) is 0.467. The van der Waals surface area contributed by atoms with Gasteiger partial charge in [0.05, 0.1) is 18.8 Å². The Morgan fingerprint density at radius 2 is 2.15 bits per heavy atom. The number of hydrogen-bond acceptors (Lipinski definition) is 3. The van der Waals surface area contributed by atoms with Gasteiger partial charge in [0, 0.05) is 31.4 Å². The molecule has 106 valence electrons. The molecule has 1 aliphatic rings. The number of nitrogens with one attached hydrogen (secondary N) is 1. The van der Waals surface area contributed by atoms with Crippen LogP contribution in [0.25, 0.3) is 5.65 Å². The first-order valence-electron chi connectivity index (χ1n) is 7.13. The number of imidazole rings is 1. The molecule has 1 aliphatic heterocycles. The number of carboxylic acids is 1. The molecule has 1 fully saturated rings. The van der Waals surface area contributed by atoms with Crippen molar-refractivity contribution < 1.29 is 14.8 Å². The van der Waals surface area contributed by atoms with Gasteiger partial charge in [-0.25, -0.2) is 4.98 Å². The molecule has 5 heteroatoms. The molecule has 20 heavy (non-hydrogen) atoms. The highest BCUT2D eigenvalue weighted by Crippen LogP contribution is 2.14. The molecule has 1 saturated heterocycles. The van der Waals surface area contributed by atoms with Crippen LogP contribution in [-0.2, 0) is 17.8 Å².